The van der Waals surface area contributed by atoms with Crippen molar-refractivity contribution < 1.29 is 18.8 Å². The number of anilines is 1. The van der Waals surface area contributed by atoms with Crippen LogP contribution in [0.1, 0.15) is 27.0 Å². The lowest BCUT2D eigenvalue weighted by molar-refractivity contribution is -0.0346. The van der Waals surface area contributed by atoms with Crippen molar-refractivity contribution in [2.24, 2.45) is 5.16 Å². The van der Waals surface area contributed by atoms with Crippen molar-refractivity contribution in [2.75, 3.05) is 12.3 Å². The number of nitrogens with zero attached hydrogens (tertiary/aromatic N) is 3. The summed E-state index contributed by atoms with van der Waals surface area (Å²) in [4.78, 5) is 15.5. The monoisotopic (exact) mass is 372 g/mol. The fourth-order valence-corrected chi connectivity index (χ4v) is 3.20. The number of hydrogen-bond donors (Lipinski definition) is 2. The molecular formula is C15H25FN4O4Si. The number of aromatic nitrogens is 2. The zero-order valence-corrected chi connectivity index (χ0v) is 16.1. The lowest BCUT2D eigenvalue weighted by Gasteiger charge is -2.36. The molecule has 1 saturated heterocycles. The van der Waals surface area contributed by atoms with Crippen LogP contribution in [0.5, 0.6) is 0 Å². The molecule has 2 heterocycles. The molecule has 25 heavy (non-hydrogen) atoms. The Bertz CT molecular complexity index is 716. The van der Waals surface area contributed by atoms with Crippen LogP contribution in [-0.2, 0) is 9.16 Å². The van der Waals surface area contributed by atoms with Crippen molar-refractivity contribution in [3.63, 3.8) is 0 Å². The van der Waals surface area contributed by atoms with Crippen molar-refractivity contribution in [3.05, 3.63) is 22.7 Å². The summed E-state index contributed by atoms with van der Waals surface area (Å²) >= 11 is 0. The van der Waals surface area contributed by atoms with E-state index in [9.17, 15) is 14.4 Å². The van der Waals surface area contributed by atoms with Gasteiger partial charge in [0.05, 0.1) is 6.61 Å². The Labute approximate surface area is 146 Å². The molecule has 1 aliphatic heterocycles. The number of alkyl halides is 1. The van der Waals surface area contributed by atoms with E-state index in [-0.39, 0.29) is 23.2 Å². The molecule has 0 saturated carbocycles. The minimum atomic E-state index is -2.09. The summed E-state index contributed by atoms with van der Waals surface area (Å²) in [5, 5.41) is 12.2. The highest BCUT2D eigenvalue weighted by Gasteiger charge is 2.46. The highest BCUT2D eigenvalue weighted by atomic mass is 28.4. The average molecular weight is 372 g/mol. The molecule has 3 N–H and O–H groups in total. The molecule has 0 aliphatic carbocycles. The van der Waals surface area contributed by atoms with Crippen molar-refractivity contribution in [3.8, 4) is 0 Å². The van der Waals surface area contributed by atoms with E-state index in [1.54, 1.807) is 0 Å². The smallest absolute Gasteiger partial charge is 0.351 e. The molecule has 1 aromatic rings. The van der Waals surface area contributed by atoms with Gasteiger partial charge in [0, 0.05) is 6.20 Å². The lowest BCUT2D eigenvalue weighted by atomic mass is 10.2. The first-order chi connectivity index (χ1) is 11.5. The molecule has 0 radical (unpaired) electrons. The van der Waals surface area contributed by atoms with E-state index in [0.717, 1.165) is 4.57 Å². The van der Waals surface area contributed by atoms with Crippen LogP contribution >= 0.6 is 0 Å². The zero-order chi connectivity index (χ0) is 19.0. The molecule has 0 bridgehead atoms. The second-order valence-electron chi connectivity index (χ2n) is 7.56. The molecule has 0 amide bonds. The first-order valence-corrected chi connectivity index (χ1v) is 10.9. The molecule has 3 atom stereocenters. The number of nitrogen functional groups attached to an aromatic ring is 1. The predicted molar refractivity (Wildman–Crippen MR) is 94.1 cm³/mol. The van der Waals surface area contributed by atoms with Gasteiger partial charge in [-0.25, -0.2) is 9.18 Å². The molecule has 1 aromatic heterocycles. The van der Waals surface area contributed by atoms with E-state index in [1.807, 2.05) is 0 Å². The third-order valence-electron chi connectivity index (χ3n) is 4.81. The van der Waals surface area contributed by atoms with Crippen LogP contribution in [-0.4, -0.2) is 47.7 Å². The van der Waals surface area contributed by atoms with Crippen LogP contribution in [0, 0.1) is 0 Å². The maximum absolute atomic E-state index is 14.6. The molecular weight excluding hydrogens is 347 g/mol. The average Bonchev–Trinajstić information content (AvgIpc) is 2.80. The number of rotatable bonds is 4. The largest absolute Gasteiger partial charge is 0.414 e. The minimum absolute atomic E-state index is 0.0310. The molecule has 1 aliphatic rings. The highest BCUT2D eigenvalue weighted by molar-refractivity contribution is 6.74. The van der Waals surface area contributed by atoms with Crippen molar-refractivity contribution >= 4 is 19.8 Å². The van der Waals surface area contributed by atoms with Gasteiger partial charge in [-0.15, -0.1) is 0 Å². The molecule has 2 rings (SSSR count). The minimum Gasteiger partial charge on any atom is -0.414 e. The van der Waals surface area contributed by atoms with Gasteiger partial charge < -0.3 is 20.1 Å². The van der Waals surface area contributed by atoms with Crippen LogP contribution in [0.2, 0.25) is 18.1 Å². The van der Waals surface area contributed by atoms with Crippen LogP contribution in [0.25, 0.3) is 0 Å². The Hall–Kier alpha value is -1.78. The van der Waals surface area contributed by atoms with Crippen molar-refractivity contribution in [1.29, 1.82) is 0 Å². The first kappa shape index (κ1) is 19.5. The summed E-state index contributed by atoms with van der Waals surface area (Å²) in [7, 11) is -2.09. The second-order valence-corrected chi connectivity index (χ2v) is 12.4. The summed E-state index contributed by atoms with van der Waals surface area (Å²) in [5.41, 5.74) is 4.50. The molecule has 0 unspecified atom stereocenters. The summed E-state index contributed by atoms with van der Waals surface area (Å²) in [6.45, 7) is 10.4. The van der Waals surface area contributed by atoms with Crippen LogP contribution in [0.4, 0.5) is 10.2 Å². The number of oxime groups is 1. The molecule has 140 valence electrons. The quantitative estimate of drug-likeness (QED) is 0.474. The van der Waals surface area contributed by atoms with Gasteiger partial charge in [-0.1, -0.05) is 25.9 Å². The Morgan fingerprint density at radius 2 is 2.16 bits per heavy atom. The van der Waals surface area contributed by atoms with Crippen molar-refractivity contribution in [2.45, 2.75) is 57.4 Å². The van der Waals surface area contributed by atoms with Gasteiger partial charge in [-0.3, -0.25) is 4.57 Å². The zero-order valence-electron chi connectivity index (χ0n) is 15.1. The number of ether oxygens (including phenoxy) is 1. The van der Waals surface area contributed by atoms with E-state index < -0.39 is 32.5 Å². The first-order valence-electron chi connectivity index (χ1n) is 7.98. The Morgan fingerprint density at radius 1 is 1.52 bits per heavy atom. The maximum atomic E-state index is 14.6. The van der Waals surface area contributed by atoms with E-state index in [2.05, 4.69) is 44.0 Å². The number of nitrogens with two attached hydrogens (primary N) is 1. The molecule has 8 nitrogen and oxygen atoms in total. The number of hydrogen-bond acceptors (Lipinski definition) is 7. The van der Waals surface area contributed by atoms with Gasteiger partial charge in [-0.05, 0) is 24.2 Å². The SMILES string of the molecule is CC(C)(C)[Si](C)(C)OC[C@H]1O[C@@H](n2ccc(N)nc2=O)[C@H](F)/C1=N/O. The van der Waals surface area contributed by atoms with E-state index >= 15 is 0 Å². The maximum Gasteiger partial charge on any atom is 0.351 e. The fourth-order valence-electron chi connectivity index (χ4n) is 2.20. The second kappa shape index (κ2) is 6.85. The predicted octanol–water partition coefficient (Wildman–Crippen LogP) is 1.91. The van der Waals surface area contributed by atoms with Crippen molar-refractivity contribution in [1.82, 2.24) is 9.55 Å². The normalized spacial score (nSPS) is 26.3. The van der Waals surface area contributed by atoms with Crippen LogP contribution < -0.4 is 11.4 Å². The highest BCUT2D eigenvalue weighted by Crippen LogP contribution is 2.37. The molecule has 10 heteroatoms. The summed E-state index contributed by atoms with van der Waals surface area (Å²) in [5.74, 6) is 0.0310. The summed E-state index contributed by atoms with van der Waals surface area (Å²) < 4.78 is 27.3. The summed E-state index contributed by atoms with van der Waals surface area (Å²) in [6, 6.07) is 1.37. The fraction of sp³-hybridized carbons (Fsp3) is 0.667. The summed E-state index contributed by atoms with van der Waals surface area (Å²) in [6.07, 6.45) is -2.65. The van der Waals surface area contributed by atoms with Gasteiger partial charge in [0.2, 0.25) is 0 Å². The van der Waals surface area contributed by atoms with E-state index in [0.29, 0.717) is 0 Å². The standard InChI is InChI=1S/C15H25FN4O4Si/c1-15(2,3)25(4,5)23-8-9-12(19-22)11(16)13(24-9)20-7-6-10(17)18-14(20)21/h6-7,9,11,13,22H,8H2,1-5H3,(H2,17,18,21)/b19-12+/t9-,11-,13-/m1/s1. The van der Waals surface area contributed by atoms with Gasteiger partial charge in [0.1, 0.15) is 17.6 Å². The third-order valence-corrected chi connectivity index (χ3v) is 9.31. The molecule has 0 aromatic carbocycles. The van der Waals surface area contributed by atoms with Gasteiger partial charge in [0.25, 0.3) is 0 Å². The third kappa shape index (κ3) is 3.91. The Kier molecular flexibility index (Phi) is 5.35. The van der Waals surface area contributed by atoms with Crippen LogP contribution in [0.3, 0.4) is 0 Å². The van der Waals surface area contributed by atoms with Gasteiger partial charge in [0.15, 0.2) is 20.7 Å². The van der Waals surface area contributed by atoms with E-state index in [4.69, 9.17) is 14.9 Å². The molecule has 1 fully saturated rings. The lowest BCUT2D eigenvalue weighted by Crippen LogP contribution is -2.43. The Balaban J connectivity index is 2.20. The van der Waals surface area contributed by atoms with E-state index in [1.165, 1.54) is 12.3 Å². The number of halogens is 1. The van der Waals surface area contributed by atoms with Gasteiger partial charge >= 0.3 is 5.69 Å². The Morgan fingerprint density at radius 3 is 2.68 bits per heavy atom. The van der Waals surface area contributed by atoms with Crippen LogP contribution in [0.15, 0.2) is 22.2 Å². The topological polar surface area (TPSA) is 112 Å². The van der Waals surface area contributed by atoms with Gasteiger partial charge in [-0.2, -0.15) is 4.98 Å². The molecule has 0 spiro atoms.